The van der Waals surface area contributed by atoms with Gasteiger partial charge < -0.3 is 19.8 Å². The number of carbonyl (C=O) groups is 2. The summed E-state index contributed by atoms with van der Waals surface area (Å²) in [6.45, 7) is 0.434. The zero-order chi connectivity index (χ0) is 26.6. The molecule has 0 aliphatic rings. The fourth-order valence-corrected chi connectivity index (χ4v) is 3.60. The molecule has 9 nitrogen and oxygen atoms in total. The van der Waals surface area contributed by atoms with Crippen LogP contribution < -0.4 is 15.5 Å². The monoisotopic (exact) mass is 531 g/mol. The van der Waals surface area contributed by atoms with Crippen LogP contribution in [-0.2, 0) is 29.2 Å². The van der Waals surface area contributed by atoms with Crippen LogP contribution in [0.1, 0.15) is 22.4 Å². The van der Waals surface area contributed by atoms with E-state index in [4.69, 9.17) is 21.1 Å². The van der Waals surface area contributed by atoms with E-state index in [1.54, 1.807) is 30.5 Å². The second-order valence-corrected chi connectivity index (χ2v) is 8.63. The van der Waals surface area contributed by atoms with Gasteiger partial charge >= 0.3 is 6.09 Å². The van der Waals surface area contributed by atoms with Crippen LogP contribution in [0.15, 0.2) is 96.5 Å². The molecule has 0 aliphatic heterocycles. The molecular weight excluding hydrogens is 506 g/mol. The number of amides is 2. The van der Waals surface area contributed by atoms with E-state index in [1.807, 2.05) is 54.6 Å². The summed E-state index contributed by atoms with van der Waals surface area (Å²) in [4.78, 5) is 32.0. The number of carbonyl (C=O) groups excluding carboxylic acids is 2. The number of benzene rings is 3. The van der Waals surface area contributed by atoms with E-state index >= 15 is 0 Å². The highest BCUT2D eigenvalue weighted by Crippen LogP contribution is 2.18. The van der Waals surface area contributed by atoms with E-state index in [9.17, 15) is 9.59 Å². The molecule has 3 N–H and O–H groups in total. The van der Waals surface area contributed by atoms with Crippen LogP contribution in [0.25, 0.3) is 0 Å². The van der Waals surface area contributed by atoms with Crippen molar-refractivity contribution in [2.45, 2.75) is 25.7 Å². The van der Waals surface area contributed by atoms with Crippen molar-refractivity contribution < 1.29 is 19.1 Å². The van der Waals surface area contributed by atoms with E-state index in [2.05, 4.69) is 25.8 Å². The van der Waals surface area contributed by atoms with Crippen molar-refractivity contribution in [1.29, 1.82) is 0 Å². The molecule has 0 aliphatic carbocycles. The standard InChI is InChI=1S/C28H26ClN5O4/c29-25-9-5-4-8-22(25)18-37-24-12-10-20(11-13-24)15-32-34-27(35)26(14-23-16-30-19-31-23)33-28(36)38-17-21-6-2-1-3-7-21/h1-13,15-16,19,26H,14,17-18H2,(H,30,31)(H,33,36)(H,34,35)/b32-15-/t26-/m1/s1. The first-order chi connectivity index (χ1) is 18.6. The summed E-state index contributed by atoms with van der Waals surface area (Å²) in [6.07, 6.45) is 4.04. The fraction of sp³-hybridized carbons (Fsp3) is 0.143. The van der Waals surface area contributed by atoms with Gasteiger partial charge in [-0.15, -0.1) is 0 Å². The van der Waals surface area contributed by atoms with Crippen LogP contribution in [0.5, 0.6) is 5.75 Å². The molecule has 10 heteroatoms. The van der Waals surface area contributed by atoms with Crippen LogP contribution in [-0.4, -0.2) is 34.2 Å². The Morgan fingerprint density at radius 2 is 1.76 bits per heavy atom. The normalized spacial score (nSPS) is 11.6. The second-order valence-electron chi connectivity index (χ2n) is 8.22. The number of alkyl carbamates (subject to hydrolysis) is 1. The number of aromatic amines is 1. The van der Waals surface area contributed by atoms with Crippen LogP contribution >= 0.6 is 11.6 Å². The minimum Gasteiger partial charge on any atom is -0.489 e. The molecule has 3 aromatic carbocycles. The van der Waals surface area contributed by atoms with E-state index < -0.39 is 18.0 Å². The fourth-order valence-electron chi connectivity index (χ4n) is 3.41. The topological polar surface area (TPSA) is 118 Å². The molecule has 4 aromatic rings. The zero-order valence-electron chi connectivity index (χ0n) is 20.3. The quantitative estimate of drug-likeness (QED) is 0.193. The Morgan fingerprint density at radius 1 is 1.00 bits per heavy atom. The Labute approximate surface area is 224 Å². The lowest BCUT2D eigenvalue weighted by Gasteiger charge is -2.16. The highest BCUT2D eigenvalue weighted by Gasteiger charge is 2.22. The van der Waals surface area contributed by atoms with Crippen LogP contribution in [0.4, 0.5) is 4.79 Å². The molecule has 1 aromatic heterocycles. The lowest BCUT2D eigenvalue weighted by Crippen LogP contribution is -2.47. The molecule has 0 bridgehead atoms. The maximum absolute atomic E-state index is 12.8. The summed E-state index contributed by atoms with van der Waals surface area (Å²) in [7, 11) is 0. The highest BCUT2D eigenvalue weighted by molar-refractivity contribution is 6.31. The Morgan fingerprint density at radius 3 is 2.50 bits per heavy atom. The molecule has 0 radical (unpaired) electrons. The Hall–Kier alpha value is -4.63. The minimum absolute atomic E-state index is 0.0846. The summed E-state index contributed by atoms with van der Waals surface area (Å²) in [5.41, 5.74) is 5.62. The molecule has 4 rings (SSSR count). The van der Waals surface area contributed by atoms with Gasteiger partial charge in [-0.25, -0.2) is 15.2 Å². The number of hydrogen-bond acceptors (Lipinski definition) is 6. The van der Waals surface area contributed by atoms with Gasteiger partial charge in [0.1, 0.15) is 25.0 Å². The first-order valence-corrected chi connectivity index (χ1v) is 12.2. The average molecular weight is 532 g/mol. The van der Waals surface area contributed by atoms with Gasteiger partial charge in [0.2, 0.25) is 0 Å². The van der Waals surface area contributed by atoms with Gasteiger partial charge in [-0.2, -0.15) is 5.10 Å². The average Bonchev–Trinajstić information content (AvgIpc) is 3.46. The summed E-state index contributed by atoms with van der Waals surface area (Å²) >= 11 is 6.16. The number of nitrogens with zero attached hydrogens (tertiary/aromatic N) is 2. The van der Waals surface area contributed by atoms with Crippen molar-refractivity contribution >= 4 is 29.8 Å². The predicted octanol–water partition coefficient (Wildman–Crippen LogP) is 4.63. The molecule has 0 unspecified atom stereocenters. The van der Waals surface area contributed by atoms with Crippen LogP contribution in [0.2, 0.25) is 5.02 Å². The Balaban J connectivity index is 1.29. The van der Waals surface area contributed by atoms with Crippen molar-refractivity contribution in [2.24, 2.45) is 5.10 Å². The largest absolute Gasteiger partial charge is 0.489 e. The van der Waals surface area contributed by atoms with E-state index in [-0.39, 0.29) is 13.0 Å². The van der Waals surface area contributed by atoms with Gasteiger partial charge in [0, 0.05) is 28.9 Å². The molecule has 0 saturated carbocycles. The number of aromatic nitrogens is 2. The van der Waals surface area contributed by atoms with Crippen molar-refractivity contribution in [3.05, 3.63) is 119 Å². The van der Waals surface area contributed by atoms with E-state index in [1.165, 1.54) is 12.5 Å². The smallest absolute Gasteiger partial charge is 0.408 e. The molecule has 0 spiro atoms. The lowest BCUT2D eigenvalue weighted by atomic mass is 10.1. The number of rotatable bonds is 11. The molecule has 38 heavy (non-hydrogen) atoms. The summed E-state index contributed by atoms with van der Waals surface area (Å²) in [5.74, 6) is 0.163. The molecule has 1 atom stereocenters. The Bertz CT molecular complexity index is 1350. The molecule has 0 fully saturated rings. The van der Waals surface area contributed by atoms with Crippen LogP contribution in [0, 0.1) is 0 Å². The third-order valence-corrected chi connectivity index (χ3v) is 5.79. The maximum Gasteiger partial charge on any atom is 0.408 e. The van der Waals surface area contributed by atoms with Crippen molar-refractivity contribution in [2.75, 3.05) is 0 Å². The number of imidazole rings is 1. The summed E-state index contributed by atoms with van der Waals surface area (Å²) in [6, 6.07) is 23.0. The van der Waals surface area contributed by atoms with Crippen LogP contribution in [0.3, 0.4) is 0 Å². The molecule has 1 heterocycles. The Kier molecular flexibility index (Phi) is 9.47. The number of nitrogens with one attached hydrogen (secondary N) is 3. The predicted molar refractivity (Wildman–Crippen MR) is 144 cm³/mol. The molecular formula is C28H26ClN5O4. The number of halogens is 1. The van der Waals surface area contributed by atoms with Crippen molar-refractivity contribution in [3.8, 4) is 5.75 Å². The highest BCUT2D eigenvalue weighted by atomic mass is 35.5. The maximum atomic E-state index is 12.8. The summed E-state index contributed by atoms with van der Waals surface area (Å²) < 4.78 is 11.0. The number of ether oxygens (including phenoxy) is 2. The van der Waals surface area contributed by atoms with E-state index in [0.29, 0.717) is 23.1 Å². The molecule has 194 valence electrons. The second kappa shape index (κ2) is 13.6. The number of H-pyrrole nitrogens is 1. The lowest BCUT2D eigenvalue weighted by molar-refractivity contribution is -0.123. The number of hydrazone groups is 1. The molecule has 0 saturated heterocycles. The van der Waals surface area contributed by atoms with Gasteiger partial charge in [0.05, 0.1) is 12.5 Å². The van der Waals surface area contributed by atoms with Crippen molar-refractivity contribution in [3.63, 3.8) is 0 Å². The molecule has 2 amide bonds. The van der Waals surface area contributed by atoms with Gasteiger partial charge in [-0.1, -0.05) is 60.1 Å². The third kappa shape index (κ3) is 8.21. The van der Waals surface area contributed by atoms with Gasteiger partial charge in [0.25, 0.3) is 5.91 Å². The minimum atomic E-state index is -0.934. The van der Waals surface area contributed by atoms with Gasteiger partial charge in [-0.3, -0.25) is 4.79 Å². The zero-order valence-corrected chi connectivity index (χ0v) is 21.1. The first kappa shape index (κ1) is 26.4. The third-order valence-electron chi connectivity index (χ3n) is 5.42. The van der Waals surface area contributed by atoms with Gasteiger partial charge in [0.15, 0.2) is 0 Å². The SMILES string of the molecule is O=C(N[C@H](Cc1cnc[nH]1)C(=O)N/N=C\c1ccc(OCc2ccccc2Cl)cc1)OCc1ccccc1. The number of hydrogen-bond donors (Lipinski definition) is 3. The first-order valence-electron chi connectivity index (χ1n) is 11.8. The van der Waals surface area contributed by atoms with E-state index in [0.717, 1.165) is 16.7 Å². The van der Waals surface area contributed by atoms with Crippen molar-refractivity contribution in [1.82, 2.24) is 20.7 Å². The summed E-state index contributed by atoms with van der Waals surface area (Å²) in [5, 5.41) is 7.27. The van der Waals surface area contributed by atoms with Gasteiger partial charge in [-0.05, 0) is 41.5 Å².